The molecule has 1 amide bonds. The number of esters is 1. The first-order valence-electron chi connectivity index (χ1n) is 9.00. The van der Waals surface area contributed by atoms with E-state index in [2.05, 4.69) is 20.7 Å². The highest BCUT2D eigenvalue weighted by molar-refractivity contribution is 6.30. The van der Waals surface area contributed by atoms with Gasteiger partial charge >= 0.3 is 5.97 Å². The molecule has 0 unspecified atom stereocenters. The van der Waals surface area contributed by atoms with E-state index in [9.17, 15) is 9.59 Å². The van der Waals surface area contributed by atoms with Gasteiger partial charge in [-0.25, -0.2) is 5.43 Å². The van der Waals surface area contributed by atoms with Crippen molar-refractivity contribution >= 4 is 29.7 Å². The molecule has 160 valence electrons. The zero-order valence-corrected chi connectivity index (χ0v) is 17.7. The van der Waals surface area contributed by atoms with E-state index in [0.717, 1.165) is 5.56 Å². The van der Waals surface area contributed by atoms with Gasteiger partial charge in [0.15, 0.2) is 11.5 Å². The van der Waals surface area contributed by atoms with Crippen LogP contribution in [0, 0.1) is 0 Å². The zero-order chi connectivity index (χ0) is 22.4. The summed E-state index contributed by atoms with van der Waals surface area (Å²) in [6, 6.07) is 11.9. The number of nitrogens with one attached hydrogen (secondary N) is 2. The largest absolute Gasteiger partial charge is 0.493 e. The van der Waals surface area contributed by atoms with Crippen LogP contribution in [-0.2, 0) is 4.79 Å². The van der Waals surface area contributed by atoms with Gasteiger partial charge in [-0.15, -0.1) is 0 Å². The van der Waals surface area contributed by atoms with E-state index in [0.29, 0.717) is 16.3 Å². The molecule has 0 saturated carbocycles. The van der Waals surface area contributed by atoms with Crippen LogP contribution in [0.4, 0.5) is 0 Å². The molecule has 2 aromatic carbocycles. The fraction of sp³-hybridized carbons (Fsp3) is 0.143. The molecular weight excluding hydrogens is 424 g/mol. The van der Waals surface area contributed by atoms with Crippen LogP contribution in [0.2, 0.25) is 5.02 Å². The SMILES string of the molecule is COc1cc(C=NNC(=O)c2cc(-c3ccc(Cl)cc3)n[nH]2)cc(OC)c1OC(C)=O. The molecule has 1 aromatic heterocycles. The Bertz CT molecular complexity index is 1100. The Morgan fingerprint density at radius 1 is 1.10 bits per heavy atom. The molecule has 31 heavy (non-hydrogen) atoms. The van der Waals surface area contributed by atoms with Crippen molar-refractivity contribution < 1.29 is 23.8 Å². The molecule has 0 bridgehead atoms. The third-order valence-electron chi connectivity index (χ3n) is 4.07. The van der Waals surface area contributed by atoms with Crippen LogP contribution in [0.3, 0.4) is 0 Å². The van der Waals surface area contributed by atoms with Crippen molar-refractivity contribution in [1.82, 2.24) is 15.6 Å². The van der Waals surface area contributed by atoms with Crippen molar-refractivity contribution in [1.29, 1.82) is 0 Å². The molecular formula is C21H19ClN4O5. The number of hydrogen-bond donors (Lipinski definition) is 2. The van der Waals surface area contributed by atoms with Gasteiger partial charge in [-0.3, -0.25) is 14.7 Å². The molecule has 0 fully saturated rings. The maximum absolute atomic E-state index is 12.3. The lowest BCUT2D eigenvalue weighted by Gasteiger charge is -2.13. The average molecular weight is 443 g/mol. The molecule has 3 aromatic rings. The summed E-state index contributed by atoms with van der Waals surface area (Å²) in [7, 11) is 2.86. The van der Waals surface area contributed by atoms with E-state index in [1.807, 2.05) is 0 Å². The molecule has 2 N–H and O–H groups in total. The summed E-state index contributed by atoms with van der Waals surface area (Å²) in [5, 5.41) is 11.4. The van der Waals surface area contributed by atoms with Gasteiger partial charge < -0.3 is 14.2 Å². The summed E-state index contributed by atoms with van der Waals surface area (Å²) in [6.45, 7) is 1.28. The van der Waals surface area contributed by atoms with Crippen LogP contribution >= 0.6 is 11.6 Å². The minimum atomic E-state index is -0.511. The first-order chi connectivity index (χ1) is 14.9. The Labute approximate surface area is 183 Å². The number of hydrogen-bond acceptors (Lipinski definition) is 7. The molecule has 0 aliphatic rings. The predicted molar refractivity (Wildman–Crippen MR) is 115 cm³/mol. The fourth-order valence-corrected chi connectivity index (χ4v) is 2.78. The van der Waals surface area contributed by atoms with Crippen LogP contribution in [0.25, 0.3) is 11.3 Å². The third kappa shape index (κ3) is 5.40. The maximum atomic E-state index is 12.3. The van der Waals surface area contributed by atoms with Gasteiger partial charge in [0.2, 0.25) is 5.75 Å². The van der Waals surface area contributed by atoms with Gasteiger partial charge in [0.1, 0.15) is 5.69 Å². The van der Waals surface area contributed by atoms with E-state index in [4.69, 9.17) is 25.8 Å². The van der Waals surface area contributed by atoms with Crippen LogP contribution < -0.4 is 19.6 Å². The average Bonchev–Trinajstić information content (AvgIpc) is 3.25. The van der Waals surface area contributed by atoms with E-state index in [1.165, 1.54) is 27.4 Å². The van der Waals surface area contributed by atoms with Crippen molar-refractivity contribution in [2.75, 3.05) is 14.2 Å². The number of methoxy groups -OCH3 is 2. The van der Waals surface area contributed by atoms with Crippen molar-refractivity contribution in [2.45, 2.75) is 6.92 Å². The zero-order valence-electron chi connectivity index (χ0n) is 16.9. The van der Waals surface area contributed by atoms with Crippen LogP contribution in [0.15, 0.2) is 47.6 Å². The van der Waals surface area contributed by atoms with Gasteiger partial charge in [0, 0.05) is 23.1 Å². The molecule has 1 heterocycles. The van der Waals surface area contributed by atoms with E-state index >= 15 is 0 Å². The van der Waals surface area contributed by atoms with Crippen LogP contribution in [-0.4, -0.2) is 42.5 Å². The number of amides is 1. The van der Waals surface area contributed by atoms with Crippen LogP contribution in [0.1, 0.15) is 23.0 Å². The standard InChI is InChI=1S/C21H19ClN4O5/c1-12(27)31-20-18(29-2)8-13(9-19(20)30-3)11-23-26-21(28)17-10-16(24-25-17)14-4-6-15(22)7-5-14/h4-11H,1-3H3,(H,24,25)(H,26,28). The number of carbonyl (C=O) groups excluding carboxylic acids is 2. The smallest absolute Gasteiger partial charge is 0.308 e. The Kier molecular flexibility index (Phi) is 6.88. The summed E-state index contributed by atoms with van der Waals surface area (Å²) in [6.07, 6.45) is 1.40. The highest BCUT2D eigenvalue weighted by Crippen LogP contribution is 2.38. The monoisotopic (exact) mass is 442 g/mol. The van der Waals surface area contributed by atoms with Crippen molar-refractivity contribution in [3.05, 3.63) is 58.7 Å². The molecule has 0 aliphatic heterocycles. The number of halogens is 1. The van der Waals surface area contributed by atoms with Crippen molar-refractivity contribution in [2.24, 2.45) is 5.10 Å². The number of benzene rings is 2. The Morgan fingerprint density at radius 2 is 1.74 bits per heavy atom. The second kappa shape index (κ2) is 9.77. The molecule has 0 radical (unpaired) electrons. The second-order valence-corrected chi connectivity index (χ2v) is 6.66. The van der Waals surface area contributed by atoms with E-state index < -0.39 is 11.9 Å². The number of nitrogens with zero attached hydrogens (tertiary/aromatic N) is 2. The number of H-pyrrole nitrogens is 1. The molecule has 10 heteroatoms. The molecule has 0 saturated heterocycles. The Morgan fingerprint density at radius 3 is 2.32 bits per heavy atom. The first-order valence-corrected chi connectivity index (χ1v) is 9.38. The second-order valence-electron chi connectivity index (χ2n) is 6.22. The van der Waals surface area contributed by atoms with Gasteiger partial charge in [0.25, 0.3) is 5.91 Å². The molecule has 0 atom stereocenters. The number of ether oxygens (including phenoxy) is 3. The van der Waals surface area contributed by atoms with Gasteiger partial charge in [-0.1, -0.05) is 23.7 Å². The summed E-state index contributed by atoms with van der Waals surface area (Å²) in [5.41, 5.74) is 4.62. The minimum Gasteiger partial charge on any atom is -0.493 e. The van der Waals surface area contributed by atoms with Gasteiger partial charge in [-0.05, 0) is 30.3 Å². The predicted octanol–water partition coefficient (Wildman–Crippen LogP) is 3.44. The van der Waals surface area contributed by atoms with Crippen LogP contribution in [0.5, 0.6) is 17.2 Å². The van der Waals surface area contributed by atoms with Crippen molar-refractivity contribution in [3.63, 3.8) is 0 Å². The quantitative estimate of drug-likeness (QED) is 0.251. The number of rotatable bonds is 7. The Hall–Kier alpha value is -3.85. The summed E-state index contributed by atoms with van der Waals surface area (Å²) >= 11 is 5.89. The molecule has 3 rings (SSSR count). The number of aromatic amines is 1. The number of hydrazone groups is 1. The third-order valence-corrected chi connectivity index (χ3v) is 4.32. The summed E-state index contributed by atoms with van der Waals surface area (Å²) in [5.74, 6) is -0.264. The lowest BCUT2D eigenvalue weighted by Crippen LogP contribution is -2.18. The fourth-order valence-electron chi connectivity index (χ4n) is 2.65. The topological polar surface area (TPSA) is 115 Å². The van der Waals surface area contributed by atoms with Gasteiger partial charge in [0.05, 0.1) is 26.1 Å². The van der Waals surface area contributed by atoms with Crippen molar-refractivity contribution in [3.8, 4) is 28.5 Å². The number of aromatic nitrogens is 2. The molecule has 9 nitrogen and oxygen atoms in total. The summed E-state index contributed by atoms with van der Waals surface area (Å²) < 4.78 is 15.6. The van der Waals surface area contributed by atoms with Gasteiger partial charge in [-0.2, -0.15) is 10.2 Å². The summed E-state index contributed by atoms with van der Waals surface area (Å²) in [4.78, 5) is 23.6. The normalized spacial score (nSPS) is 10.7. The highest BCUT2D eigenvalue weighted by atomic mass is 35.5. The maximum Gasteiger partial charge on any atom is 0.308 e. The first kappa shape index (κ1) is 21.8. The molecule has 0 spiro atoms. The van der Waals surface area contributed by atoms with E-state index in [1.54, 1.807) is 42.5 Å². The highest BCUT2D eigenvalue weighted by Gasteiger charge is 2.16. The minimum absolute atomic E-state index is 0.158. The van der Waals surface area contributed by atoms with E-state index in [-0.39, 0.29) is 22.9 Å². The lowest BCUT2D eigenvalue weighted by atomic mass is 10.1. The number of carbonyl (C=O) groups is 2. The molecule has 0 aliphatic carbocycles. The Balaban J connectivity index is 1.72. The lowest BCUT2D eigenvalue weighted by molar-refractivity contribution is -0.132.